The standard InChI is InChI=1S/C18H18ClNO6S/c1-3-25-17-7-11-6-10(2)26-16(11)9-15(17)20-27(23,24)12-4-5-14(19)13(8-12)18(21)22/h4-5,7-10,20H,3,6H2,1-2H3,(H,21,22). The molecule has 1 unspecified atom stereocenters. The minimum Gasteiger partial charge on any atom is -0.492 e. The summed E-state index contributed by atoms with van der Waals surface area (Å²) in [5, 5.41) is 9.11. The van der Waals surface area contributed by atoms with Crippen molar-refractivity contribution in [1.29, 1.82) is 0 Å². The Morgan fingerprint density at radius 1 is 1.37 bits per heavy atom. The lowest BCUT2D eigenvalue weighted by atomic mass is 10.1. The zero-order valence-corrected chi connectivity index (χ0v) is 16.2. The highest BCUT2D eigenvalue weighted by molar-refractivity contribution is 7.92. The molecule has 2 aromatic carbocycles. The first-order chi connectivity index (χ1) is 12.7. The minimum atomic E-state index is -4.07. The number of aromatic carboxylic acids is 1. The normalized spacial score (nSPS) is 15.7. The van der Waals surface area contributed by atoms with Gasteiger partial charge in [-0.05, 0) is 38.1 Å². The average molecular weight is 412 g/mol. The number of anilines is 1. The maximum atomic E-state index is 12.8. The number of carboxylic acids is 1. The van der Waals surface area contributed by atoms with E-state index in [1.54, 1.807) is 19.1 Å². The minimum absolute atomic E-state index is 0.00396. The Morgan fingerprint density at radius 3 is 2.78 bits per heavy atom. The molecule has 27 heavy (non-hydrogen) atoms. The van der Waals surface area contributed by atoms with Gasteiger partial charge in [0.25, 0.3) is 10.0 Å². The third-order valence-electron chi connectivity index (χ3n) is 4.02. The lowest BCUT2D eigenvalue weighted by Crippen LogP contribution is -2.15. The van der Waals surface area contributed by atoms with Gasteiger partial charge in [-0.3, -0.25) is 4.72 Å². The van der Waals surface area contributed by atoms with E-state index in [1.165, 1.54) is 12.1 Å². The first kappa shape index (κ1) is 19.3. The van der Waals surface area contributed by atoms with Crippen LogP contribution in [0.3, 0.4) is 0 Å². The molecule has 1 aliphatic heterocycles. The Labute approximate surface area is 161 Å². The molecule has 0 bridgehead atoms. The number of hydrogen-bond acceptors (Lipinski definition) is 5. The molecule has 2 aromatic rings. The van der Waals surface area contributed by atoms with E-state index in [-0.39, 0.29) is 27.3 Å². The predicted octanol–water partition coefficient (Wildman–Crippen LogP) is 3.56. The number of nitrogens with one attached hydrogen (secondary N) is 1. The maximum Gasteiger partial charge on any atom is 0.337 e. The number of sulfonamides is 1. The van der Waals surface area contributed by atoms with Gasteiger partial charge in [-0.1, -0.05) is 11.6 Å². The van der Waals surface area contributed by atoms with Crippen LogP contribution in [0.2, 0.25) is 5.02 Å². The van der Waals surface area contributed by atoms with Crippen LogP contribution in [0, 0.1) is 0 Å². The monoisotopic (exact) mass is 411 g/mol. The number of fused-ring (bicyclic) bond motifs is 1. The third-order valence-corrected chi connectivity index (χ3v) is 5.71. The van der Waals surface area contributed by atoms with Crippen molar-refractivity contribution in [3.8, 4) is 11.5 Å². The van der Waals surface area contributed by atoms with Gasteiger partial charge in [0.15, 0.2) is 0 Å². The summed E-state index contributed by atoms with van der Waals surface area (Å²) in [4.78, 5) is 11.0. The fraction of sp³-hybridized carbons (Fsp3) is 0.278. The van der Waals surface area contributed by atoms with E-state index in [1.807, 2.05) is 6.92 Å². The van der Waals surface area contributed by atoms with Crippen molar-refractivity contribution in [2.75, 3.05) is 11.3 Å². The molecular formula is C18H18ClNO6S. The zero-order chi connectivity index (χ0) is 19.8. The van der Waals surface area contributed by atoms with Gasteiger partial charge >= 0.3 is 5.97 Å². The van der Waals surface area contributed by atoms with Crippen molar-refractivity contribution in [2.24, 2.45) is 0 Å². The van der Waals surface area contributed by atoms with Crippen LogP contribution in [0.5, 0.6) is 11.5 Å². The van der Waals surface area contributed by atoms with Crippen LogP contribution >= 0.6 is 11.6 Å². The number of hydrogen-bond donors (Lipinski definition) is 2. The fourth-order valence-electron chi connectivity index (χ4n) is 2.83. The summed E-state index contributed by atoms with van der Waals surface area (Å²) < 4.78 is 39.2. The maximum absolute atomic E-state index is 12.8. The van der Waals surface area contributed by atoms with Gasteiger partial charge < -0.3 is 14.6 Å². The van der Waals surface area contributed by atoms with Crippen LogP contribution in [0.15, 0.2) is 35.2 Å². The molecule has 0 radical (unpaired) electrons. The second-order valence-electron chi connectivity index (χ2n) is 6.07. The smallest absolute Gasteiger partial charge is 0.337 e. The van der Waals surface area contributed by atoms with E-state index < -0.39 is 16.0 Å². The van der Waals surface area contributed by atoms with Gasteiger partial charge in [-0.15, -0.1) is 0 Å². The first-order valence-corrected chi connectivity index (χ1v) is 10.1. The Kier molecular flexibility index (Phi) is 5.21. The van der Waals surface area contributed by atoms with Gasteiger partial charge in [0.2, 0.25) is 0 Å². The van der Waals surface area contributed by atoms with E-state index in [4.69, 9.17) is 26.2 Å². The van der Waals surface area contributed by atoms with E-state index >= 15 is 0 Å². The Balaban J connectivity index is 2.00. The second kappa shape index (κ2) is 7.28. The zero-order valence-electron chi connectivity index (χ0n) is 14.7. The van der Waals surface area contributed by atoms with Crippen LogP contribution in [-0.4, -0.2) is 32.2 Å². The average Bonchev–Trinajstić information content (AvgIpc) is 2.94. The molecule has 3 rings (SSSR count). The molecule has 1 atom stereocenters. The molecule has 0 saturated carbocycles. The number of carboxylic acid groups (broad SMARTS) is 1. The summed E-state index contributed by atoms with van der Waals surface area (Å²) in [6, 6.07) is 6.82. The Bertz CT molecular complexity index is 1010. The van der Waals surface area contributed by atoms with Crippen LogP contribution in [0.25, 0.3) is 0 Å². The molecule has 0 saturated heterocycles. The molecule has 0 amide bonds. The molecule has 7 nitrogen and oxygen atoms in total. The lowest BCUT2D eigenvalue weighted by Gasteiger charge is -2.15. The van der Waals surface area contributed by atoms with E-state index in [9.17, 15) is 13.2 Å². The molecule has 1 heterocycles. The summed E-state index contributed by atoms with van der Waals surface area (Å²) >= 11 is 5.81. The number of ether oxygens (including phenoxy) is 2. The number of carbonyl (C=O) groups is 1. The van der Waals surface area contributed by atoms with Crippen LogP contribution in [0.1, 0.15) is 29.8 Å². The highest BCUT2D eigenvalue weighted by atomic mass is 35.5. The summed E-state index contributed by atoms with van der Waals surface area (Å²) in [6.45, 7) is 4.07. The highest BCUT2D eigenvalue weighted by Crippen LogP contribution is 2.39. The van der Waals surface area contributed by atoms with Gasteiger partial charge in [0, 0.05) is 18.1 Å². The van der Waals surface area contributed by atoms with E-state index in [0.29, 0.717) is 24.5 Å². The quantitative estimate of drug-likeness (QED) is 0.753. The van der Waals surface area contributed by atoms with Gasteiger partial charge in [0.1, 0.15) is 17.6 Å². The molecule has 0 aliphatic carbocycles. The summed E-state index contributed by atoms with van der Waals surface area (Å²) in [5.41, 5.74) is 0.862. The van der Waals surface area contributed by atoms with Crippen LogP contribution < -0.4 is 14.2 Å². The molecule has 9 heteroatoms. The van der Waals surface area contributed by atoms with Crippen molar-refractivity contribution in [1.82, 2.24) is 0 Å². The summed E-state index contributed by atoms with van der Waals surface area (Å²) in [5.74, 6) is -0.345. The van der Waals surface area contributed by atoms with Crippen molar-refractivity contribution in [3.05, 3.63) is 46.5 Å². The van der Waals surface area contributed by atoms with Crippen molar-refractivity contribution in [2.45, 2.75) is 31.3 Å². The molecule has 2 N–H and O–H groups in total. The summed E-state index contributed by atoms with van der Waals surface area (Å²) in [7, 11) is -4.07. The molecular weight excluding hydrogens is 394 g/mol. The lowest BCUT2D eigenvalue weighted by molar-refractivity contribution is 0.0697. The van der Waals surface area contributed by atoms with Gasteiger partial charge in [-0.2, -0.15) is 0 Å². The molecule has 0 fully saturated rings. The van der Waals surface area contributed by atoms with Gasteiger partial charge in [0.05, 0.1) is 27.8 Å². The van der Waals surface area contributed by atoms with Crippen LogP contribution in [0.4, 0.5) is 5.69 Å². The second-order valence-corrected chi connectivity index (χ2v) is 8.16. The van der Waals surface area contributed by atoms with Crippen LogP contribution in [-0.2, 0) is 16.4 Å². The number of rotatable bonds is 6. The highest BCUT2D eigenvalue weighted by Gasteiger charge is 2.25. The molecule has 0 aromatic heterocycles. The van der Waals surface area contributed by atoms with E-state index in [2.05, 4.69) is 4.72 Å². The summed E-state index contributed by atoms with van der Waals surface area (Å²) in [6.07, 6.45) is 0.706. The van der Waals surface area contributed by atoms with Crippen molar-refractivity contribution >= 4 is 33.3 Å². The number of benzene rings is 2. The third kappa shape index (κ3) is 3.96. The first-order valence-electron chi connectivity index (χ1n) is 8.23. The molecule has 144 valence electrons. The predicted molar refractivity (Wildman–Crippen MR) is 101 cm³/mol. The Morgan fingerprint density at radius 2 is 2.11 bits per heavy atom. The topological polar surface area (TPSA) is 102 Å². The Hall–Kier alpha value is -2.45. The molecule has 1 aliphatic rings. The van der Waals surface area contributed by atoms with Crippen molar-refractivity contribution < 1.29 is 27.8 Å². The van der Waals surface area contributed by atoms with Gasteiger partial charge in [-0.25, -0.2) is 13.2 Å². The SMILES string of the molecule is CCOc1cc2c(cc1NS(=O)(=O)c1ccc(Cl)c(C(=O)O)c1)OC(C)C2. The largest absolute Gasteiger partial charge is 0.492 e. The fourth-order valence-corrected chi connectivity index (χ4v) is 4.12. The number of halogens is 1. The van der Waals surface area contributed by atoms with Crippen molar-refractivity contribution in [3.63, 3.8) is 0 Å². The molecule has 0 spiro atoms. The van der Waals surface area contributed by atoms with E-state index in [0.717, 1.165) is 11.6 Å².